The topological polar surface area (TPSA) is 23.5 Å². The Kier molecular flexibility index (Phi) is 3.74. The van der Waals surface area contributed by atoms with Crippen molar-refractivity contribution in [1.82, 2.24) is 4.90 Å². The highest BCUT2D eigenvalue weighted by atomic mass is 16.3. The lowest BCUT2D eigenvalue weighted by molar-refractivity contribution is 0.0158. The Labute approximate surface area is 81.9 Å². The highest BCUT2D eigenvalue weighted by Gasteiger charge is 2.33. The minimum Gasteiger partial charge on any atom is -0.395 e. The number of hydrogen-bond donors (Lipinski definition) is 1. The molecule has 1 fully saturated rings. The van der Waals surface area contributed by atoms with Crippen molar-refractivity contribution in [3.63, 3.8) is 0 Å². The van der Waals surface area contributed by atoms with Gasteiger partial charge in [0.2, 0.25) is 0 Å². The number of hydrogen-bond acceptors (Lipinski definition) is 2. The van der Waals surface area contributed by atoms with Crippen molar-refractivity contribution >= 4 is 0 Å². The van der Waals surface area contributed by atoms with Crippen LogP contribution in [0, 0.1) is 11.8 Å². The Morgan fingerprint density at radius 3 is 1.92 bits per heavy atom. The summed E-state index contributed by atoms with van der Waals surface area (Å²) in [7, 11) is 0. The monoisotopic (exact) mass is 185 g/mol. The van der Waals surface area contributed by atoms with Gasteiger partial charge >= 0.3 is 0 Å². The van der Waals surface area contributed by atoms with E-state index in [1.54, 1.807) is 0 Å². The van der Waals surface area contributed by atoms with E-state index in [0.717, 1.165) is 18.4 Å². The molecular formula is C11H23NO. The van der Waals surface area contributed by atoms with E-state index in [2.05, 4.69) is 32.6 Å². The van der Waals surface area contributed by atoms with Gasteiger partial charge in [0.25, 0.3) is 0 Å². The van der Waals surface area contributed by atoms with Crippen molar-refractivity contribution < 1.29 is 5.11 Å². The lowest BCUT2D eigenvalue weighted by atomic mass is 9.81. The first-order valence-electron chi connectivity index (χ1n) is 5.44. The summed E-state index contributed by atoms with van der Waals surface area (Å²) in [5, 5.41) is 8.98. The third kappa shape index (κ3) is 2.23. The van der Waals surface area contributed by atoms with E-state index >= 15 is 0 Å². The summed E-state index contributed by atoms with van der Waals surface area (Å²) in [5.41, 5.74) is 0. The maximum Gasteiger partial charge on any atom is 0.0558 e. The Morgan fingerprint density at radius 1 is 1.08 bits per heavy atom. The number of β-amino-alcohol motifs (C(OH)–C–C–N with tert-alkyl or cyclic N) is 1. The number of piperidine rings is 1. The summed E-state index contributed by atoms with van der Waals surface area (Å²) in [6.45, 7) is 10.3. The van der Waals surface area contributed by atoms with Gasteiger partial charge in [0.1, 0.15) is 0 Å². The third-order valence-electron chi connectivity index (χ3n) is 3.80. The molecule has 4 atom stereocenters. The van der Waals surface area contributed by atoms with Gasteiger partial charge in [-0.25, -0.2) is 0 Å². The van der Waals surface area contributed by atoms with E-state index in [4.69, 9.17) is 5.11 Å². The predicted octanol–water partition coefficient (Wildman–Crippen LogP) is 1.73. The number of aliphatic hydroxyl groups excluding tert-OH is 1. The minimum atomic E-state index is 0.286. The molecule has 0 bridgehead atoms. The largest absolute Gasteiger partial charge is 0.395 e. The van der Waals surface area contributed by atoms with Gasteiger partial charge in [-0.1, -0.05) is 13.8 Å². The van der Waals surface area contributed by atoms with Crippen molar-refractivity contribution in [2.75, 3.05) is 13.2 Å². The van der Waals surface area contributed by atoms with Gasteiger partial charge in [0.05, 0.1) is 6.61 Å². The predicted molar refractivity (Wildman–Crippen MR) is 55.7 cm³/mol. The average Bonchev–Trinajstić information content (AvgIpc) is 2.09. The van der Waals surface area contributed by atoms with Crippen molar-refractivity contribution in [1.29, 1.82) is 0 Å². The highest BCUT2D eigenvalue weighted by molar-refractivity contribution is 4.87. The molecule has 0 aromatic rings. The molecule has 1 aliphatic heterocycles. The van der Waals surface area contributed by atoms with Crippen molar-refractivity contribution in [2.24, 2.45) is 11.8 Å². The molecule has 4 unspecified atom stereocenters. The van der Waals surface area contributed by atoms with Gasteiger partial charge in [-0.2, -0.15) is 0 Å². The van der Waals surface area contributed by atoms with Gasteiger partial charge in [-0.15, -0.1) is 0 Å². The first-order chi connectivity index (χ1) is 6.07. The van der Waals surface area contributed by atoms with Gasteiger partial charge < -0.3 is 5.11 Å². The molecule has 1 heterocycles. The van der Waals surface area contributed by atoms with Crippen molar-refractivity contribution in [3.05, 3.63) is 0 Å². The maximum absolute atomic E-state index is 8.98. The second-order valence-corrected chi connectivity index (χ2v) is 4.63. The summed E-state index contributed by atoms with van der Waals surface area (Å²) >= 11 is 0. The normalized spacial score (nSPS) is 42.2. The molecule has 0 amide bonds. The Balaban J connectivity index is 2.64. The molecule has 1 N–H and O–H groups in total. The second kappa shape index (κ2) is 4.43. The van der Waals surface area contributed by atoms with Crippen LogP contribution in [-0.4, -0.2) is 35.2 Å². The van der Waals surface area contributed by atoms with E-state index in [-0.39, 0.29) is 6.61 Å². The molecule has 1 saturated heterocycles. The van der Waals surface area contributed by atoms with Gasteiger partial charge in [0.15, 0.2) is 0 Å². The summed E-state index contributed by atoms with van der Waals surface area (Å²) in [6.07, 6.45) is 1.32. The maximum atomic E-state index is 8.98. The summed E-state index contributed by atoms with van der Waals surface area (Å²) in [5.74, 6) is 1.52. The van der Waals surface area contributed by atoms with Crippen molar-refractivity contribution in [2.45, 2.75) is 46.2 Å². The number of nitrogens with zero attached hydrogens (tertiary/aromatic N) is 1. The average molecular weight is 185 g/mol. The zero-order valence-corrected chi connectivity index (χ0v) is 9.33. The molecule has 0 aromatic heterocycles. The highest BCUT2D eigenvalue weighted by Crippen LogP contribution is 2.31. The molecule has 2 nitrogen and oxygen atoms in total. The summed E-state index contributed by atoms with van der Waals surface area (Å²) < 4.78 is 0. The SMILES string of the molecule is CC1CC(C)C(C)N(CCO)C1C. The van der Waals surface area contributed by atoms with E-state index in [1.807, 2.05) is 0 Å². The van der Waals surface area contributed by atoms with E-state index in [0.29, 0.717) is 12.1 Å². The fourth-order valence-electron chi connectivity index (χ4n) is 2.53. The molecule has 2 heteroatoms. The van der Waals surface area contributed by atoms with Gasteiger partial charge in [-0.3, -0.25) is 4.90 Å². The molecule has 0 aliphatic carbocycles. The summed E-state index contributed by atoms with van der Waals surface area (Å²) in [4.78, 5) is 2.44. The minimum absolute atomic E-state index is 0.286. The quantitative estimate of drug-likeness (QED) is 0.708. The van der Waals surface area contributed by atoms with Crippen LogP contribution in [0.1, 0.15) is 34.1 Å². The molecule has 1 rings (SSSR count). The van der Waals surface area contributed by atoms with Crippen LogP contribution in [0.15, 0.2) is 0 Å². The standard InChI is InChI=1S/C11H23NO/c1-8-7-9(2)11(4)12(5-6-13)10(8)3/h8-11,13H,5-7H2,1-4H3. The van der Waals surface area contributed by atoms with Gasteiger partial charge in [0, 0.05) is 18.6 Å². The molecule has 0 spiro atoms. The third-order valence-corrected chi connectivity index (χ3v) is 3.80. The molecule has 78 valence electrons. The zero-order valence-electron chi connectivity index (χ0n) is 9.33. The number of likely N-dealkylation sites (tertiary alicyclic amines) is 1. The number of rotatable bonds is 2. The van der Waals surface area contributed by atoms with Crippen LogP contribution < -0.4 is 0 Å². The lowest BCUT2D eigenvalue weighted by Gasteiger charge is -2.46. The van der Waals surface area contributed by atoms with Crippen LogP contribution in [0.25, 0.3) is 0 Å². The molecule has 0 radical (unpaired) electrons. The molecule has 13 heavy (non-hydrogen) atoms. The van der Waals surface area contributed by atoms with E-state index in [9.17, 15) is 0 Å². The van der Waals surface area contributed by atoms with Gasteiger partial charge in [-0.05, 0) is 32.1 Å². The Bertz CT molecular complexity index is 146. The molecular weight excluding hydrogens is 162 g/mol. The molecule has 1 aliphatic rings. The van der Waals surface area contributed by atoms with Crippen LogP contribution in [0.2, 0.25) is 0 Å². The van der Waals surface area contributed by atoms with E-state index < -0.39 is 0 Å². The van der Waals surface area contributed by atoms with Crippen molar-refractivity contribution in [3.8, 4) is 0 Å². The van der Waals surface area contributed by atoms with Crippen LogP contribution in [-0.2, 0) is 0 Å². The summed E-state index contributed by atoms with van der Waals surface area (Å²) in [6, 6.07) is 1.25. The van der Waals surface area contributed by atoms with E-state index in [1.165, 1.54) is 6.42 Å². The van der Waals surface area contributed by atoms with Crippen LogP contribution in [0.4, 0.5) is 0 Å². The Morgan fingerprint density at radius 2 is 1.54 bits per heavy atom. The fraction of sp³-hybridized carbons (Fsp3) is 1.00. The first kappa shape index (κ1) is 11.0. The van der Waals surface area contributed by atoms with Crippen LogP contribution >= 0.6 is 0 Å². The molecule has 0 aromatic carbocycles. The molecule has 0 saturated carbocycles. The smallest absolute Gasteiger partial charge is 0.0558 e. The lowest BCUT2D eigenvalue weighted by Crippen LogP contribution is -2.52. The van der Waals surface area contributed by atoms with Crippen LogP contribution in [0.3, 0.4) is 0 Å². The first-order valence-corrected chi connectivity index (χ1v) is 5.44. The zero-order chi connectivity index (χ0) is 10.0. The van der Waals surface area contributed by atoms with Crippen LogP contribution in [0.5, 0.6) is 0 Å². The number of aliphatic hydroxyl groups is 1. The fourth-order valence-corrected chi connectivity index (χ4v) is 2.53. The Hall–Kier alpha value is -0.0800. The second-order valence-electron chi connectivity index (χ2n) is 4.63.